The second-order valence-corrected chi connectivity index (χ2v) is 6.68. The highest BCUT2D eigenvalue weighted by Crippen LogP contribution is 2.39. The van der Waals surface area contributed by atoms with E-state index in [-0.39, 0.29) is 11.7 Å². The highest BCUT2D eigenvalue weighted by molar-refractivity contribution is 6.32. The number of rotatable bonds is 7. The number of benzene rings is 2. The van der Waals surface area contributed by atoms with E-state index in [0.717, 1.165) is 11.1 Å². The van der Waals surface area contributed by atoms with Gasteiger partial charge in [-0.05, 0) is 49.2 Å². The van der Waals surface area contributed by atoms with Crippen LogP contribution in [-0.2, 0) is 0 Å². The van der Waals surface area contributed by atoms with E-state index < -0.39 is 10.6 Å². The van der Waals surface area contributed by atoms with E-state index in [4.69, 9.17) is 25.8 Å². The number of ether oxygens (including phenoxy) is 3. The SMILES string of the molecule is COc1ccc(OC)c(Nc2ncnc(Oc3cc(C)c(Cl)c(C)c3)c2[N+](=O)[O-])c1. The van der Waals surface area contributed by atoms with Crippen LogP contribution in [0.2, 0.25) is 5.02 Å². The first-order valence-corrected chi connectivity index (χ1v) is 9.15. The molecule has 2 aromatic carbocycles. The first kappa shape index (κ1) is 21.1. The van der Waals surface area contributed by atoms with E-state index in [0.29, 0.717) is 28.0 Å². The summed E-state index contributed by atoms with van der Waals surface area (Å²) in [7, 11) is 3.00. The third kappa shape index (κ3) is 4.36. The van der Waals surface area contributed by atoms with Gasteiger partial charge in [0.25, 0.3) is 0 Å². The van der Waals surface area contributed by atoms with Gasteiger partial charge in [0.15, 0.2) is 0 Å². The van der Waals surface area contributed by atoms with E-state index in [1.807, 2.05) is 13.8 Å². The molecule has 156 valence electrons. The lowest BCUT2D eigenvalue weighted by Crippen LogP contribution is -2.04. The molecule has 0 aliphatic carbocycles. The highest BCUT2D eigenvalue weighted by atomic mass is 35.5. The molecular weight excluding hydrogens is 412 g/mol. The fraction of sp³-hybridized carbons (Fsp3) is 0.200. The Hall–Kier alpha value is -3.59. The number of hydrogen-bond donors (Lipinski definition) is 1. The Labute approximate surface area is 177 Å². The molecule has 1 heterocycles. The Balaban J connectivity index is 2.03. The maximum absolute atomic E-state index is 11.8. The van der Waals surface area contributed by atoms with Crippen molar-refractivity contribution < 1.29 is 19.1 Å². The van der Waals surface area contributed by atoms with Gasteiger partial charge in [-0.1, -0.05) is 11.6 Å². The van der Waals surface area contributed by atoms with Crippen LogP contribution in [0.4, 0.5) is 17.2 Å². The van der Waals surface area contributed by atoms with Crippen molar-refractivity contribution in [2.75, 3.05) is 19.5 Å². The van der Waals surface area contributed by atoms with Gasteiger partial charge in [-0.2, -0.15) is 4.98 Å². The monoisotopic (exact) mass is 430 g/mol. The fourth-order valence-corrected chi connectivity index (χ4v) is 2.92. The molecule has 0 saturated heterocycles. The van der Waals surface area contributed by atoms with Gasteiger partial charge in [0.1, 0.15) is 23.6 Å². The van der Waals surface area contributed by atoms with Crippen LogP contribution in [0.25, 0.3) is 0 Å². The topological polar surface area (TPSA) is 109 Å². The number of aromatic nitrogens is 2. The number of nitrogens with one attached hydrogen (secondary N) is 1. The van der Waals surface area contributed by atoms with Crippen LogP contribution < -0.4 is 19.5 Å². The van der Waals surface area contributed by atoms with E-state index in [2.05, 4.69) is 15.3 Å². The number of halogens is 1. The maximum Gasteiger partial charge on any atom is 0.373 e. The van der Waals surface area contributed by atoms with E-state index >= 15 is 0 Å². The molecule has 0 saturated carbocycles. The van der Waals surface area contributed by atoms with Crippen LogP contribution in [-0.4, -0.2) is 29.1 Å². The fourth-order valence-electron chi connectivity index (χ4n) is 2.81. The van der Waals surface area contributed by atoms with Crippen molar-refractivity contribution in [1.29, 1.82) is 0 Å². The van der Waals surface area contributed by atoms with Gasteiger partial charge < -0.3 is 19.5 Å². The Morgan fingerprint density at radius 3 is 2.33 bits per heavy atom. The molecule has 0 aliphatic rings. The zero-order valence-corrected chi connectivity index (χ0v) is 17.5. The van der Waals surface area contributed by atoms with Crippen molar-refractivity contribution in [1.82, 2.24) is 9.97 Å². The average Bonchev–Trinajstić information content (AvgIpc) is 2.71. The summed E-state index contributed by atoms with van der Waals surface area (Å²) in [6, 6.07) is 8.37. The normalized spacial score (nSPS) is 10.4. The third-order valence-electron chi connectivity index (χ3n) is 4.26. The van der Waals surface area contributed by atoms with Crippen LogP contribution in [0.1, 0.15) is 11.1 Å². The zero-order chi connectivity index (χ0) is 21.8. The minimum Gasteiger partial charge on any atom is -0.497 e. The Kier molecular flexibility index (Phi) is 6.22. The number of methoxy groups -OCH3 is 2. The predicted octanol–water partition coefficient (Wildman–Crippen LogP) is 5.21. The van der Waals surface area contributed by atoms with Crippen LogP contribution in [0.5, 0.6) is 23.1 Å². The van der Waals surface area contributed by atoms with Crippen LogP contribution in [0.15, 0.2) is 36.7 Å². The molecule has 10 heteroatoms. The summed E-state index contributed by atoms with van der Waals surface area (Å²) in [4.78, 5) is 19.2. The standard InChI is InChI=1S/C20H19ClN4O5/c1-11-7-14(8-12(2)17(11)21)30-20-18(25(26)27)19(22-10-23-20)24-15-9-13(28-3)5-6-16(15)29-4/h5-10H,1-4H3,(H,22,23,24). The molecule has 0 fully saturated rings. The molecule has 30 heavy (non-hydrogen) atoms. The average molecular weight is 431 g/mol. The van der Waals surface area contributed by atoms with Crippen molar-refractivity contribution in [2.45, 2.75) is 13.8 Å². The van der Waals surface area contributed by atoms with Gasteiger partial charge in [0, 0.05) is 11.1 Å². The summed E-state index contributed by atoms with van der Waals surface area (Å²) in [5, 5.41) is 15.3. The molecule has 0 spiro atoms. The number of anilines is 2. The molecule has 0 amide bonds. The summed E-state index contributed by atoms with van der Waals surface area (Å²) in [6.45, 7) is 3.64. The molecule has 1 aromatic heterocycles. The molecule has 0 radical (unpaired) electrons. The Bertz CT molecular complexity index is 1080. The summed E-state index contributed by atoms with van der Waals surface area (Å²) < 4.78 is 16.2. The molecule has 0 atom stereocenters. The van der Waals surface area contributed by atoms with Crippen molar-refractivity contribution in [3.63, 3.8) is 0 Å². The Morgan fingerprint density at radius 2 is 1.73 bits per heavy atom. The quantitative estimate of drug-likeness (QED) is 0.402. The summed E-state index contributed by atoms with van der Waals surface area (Å²) in [6.07, 6.45) is 1.17. The number of aryl methyl sites for hydroxylation is 2. The van der Waals surface area contributed by atoms with E-state index in [1.165, 1.54) is 20.5 Å². The molecule has 0 aliphatic heterocycles. The smallest absolute Gasteiger partial charge is 0.373 e. The summed E-state index contributed by atoms with van der Waals surface area (Å²) in [5.41, 5.74) is 1.57. The van der Waals surface area contributed by atoms with Gasteiger partial charge in [0.2, 0.25) is 5.82 Å². The van der Waals surface area contributed by atoms with Crippen molar-refractivity contribution in [3.05, 3.63) is 62.9 Å². The van der Waals surface area contributed by atoms with Crippen molar-refractivity contribution >= 4 is 28.8 Å². The van der Waals surface area contributed by atoms with Crippen LogP contribution >= 0.6 is 11.6 Å². The number of nitrogens with zero attached hydrogens (tertiary/aromatic N) is 3. The van der Waals surface area contributed by atoms with E-state index in [1.54, 1.807) is 30.3 Å². The first-order chi connectivity index (χ1) is 14.3. The molecule has 1 N–H and O–H groups in total. The van der Waals surface area contributed by atoms with Crippen molar-refractivity contribution in [2.24, 2.45) is 0 Å². The van der Waals surface area contributed by atoms with Crippen LogP contribution in [0.3, 0.4) is 0 Å². The second kappa shape index (κ2) is 8.83. The number of nitro groups is 1. The minimum absolute atomic E-state index is 0.0565. The van der Waals surface area contributed by atoms with Crippen molar-refractivity contribution in [3.8, 4) is 23.1 Å². The molecule has 0 unspecified atom stereocenters. The minimum atomic E-state index is -0.611. The molecular formula is C20H19ClN4O5. The first-order valence-electron chi connectivity index (χ1n) is 8.77. The lowest BCUT2D eigenvalue weighted by Gasteiger charge is -2.13. The molecule has 9 nitrogen and oxygen atoms in total. The summed E-state index contributed by atoms with van der Waals surface area (Å²) >= 11 is 6.18. The van der Waals surface area contributed by atoms with Crippen LogP contribution in [0, 0.1) is 24.0 Å². The van der Waals surface area contributed by atoms with Gasteiger partial charge in [0.05, 0.1) is 24.8 Å². The van der Waals surface area contributed by atoms with E-state index in [9.17, 15) is 10.1 Å². The van der Waals surface area contributed by atoms with Gasteiger partial charge >= 0.3 is 11.6 Å². The Morgan fingerprint density at radius 1 is 1.03 bits per heavy atom. The zero-order valence-electron chi connectivity index (χ0n) is 16.7. The molecule has 3 rings (SSSR count). The maximum atomic E-state index is 11.8. The predicted molar refractivity (Wildman–Crippen MR) is 113 cm³/mol. The number of hydrogen-bond acceptors (Lipinski definition) is 8. The molecule has 0 bridgehead atoms. The van der Waals surface area contributed by atoms with Gasteiger partial charge in [-0.25, -0.2) is 4.98 Å². The largest absolute Gasteiger partial charge is 0.497 e. The lowest BCUT2D eigenvalue weighted by molar-refractivity contribution is -0.385. The molecule has 3 aromatic rings. The van der Waals surface area contributed by atoms with Gasteiger partial charge in [-0.3, -0.25) is 10.1 Å². The second-order valence-electron chi connectivity index (χ2n) is 6.30. The summed E-state index contributed by atoms with van der Waals surface area (Å²) in [5.74, 6) is 1.11. The van der Waals surface area contributed by atoms with Gasteiger partial charge in [-0.15, -0.1) is 0 Å². The lowest BCUT2D eigenvalue weighted by atomic mass is 10.1. The third-order valence-corrected chi connectivity index (χ3v) is 4.85. The highest BCUT2D eigenvalue weighted by Gasteiger charge is 2.26.